The van der Waals surface area contributed by atoms with Gasteiger partial charge in [-0.05, 0) is 61.8 Å². The molecule has 0 spiro atoms. The number of aliphatic hydroxyl groups is 1. The summed E-state index contributed by atoms with van der Waals surface area (Å²) in [5.41, 5.74) is 1.22. The Morgan fingerprint density at radius 2 is 1.82 bits per heavy atom. The lowest BCUT2D eigenvalue weighted by Gasteiger charge is -2.44. The lowest BCUT2D eigenvalue weighted by molar-refractivity contribution is -0.130. The zero-order chi connectivity index (χ0) is 24.1. The fraction of sp³-hybridized carbons (Fsp3) is 0.500. The Labute approximate surface area is 215 Å². The number of piperidine rings is 1. The monoisotopic (exact) mass is 549 g/mol. The highest BCUT2D eigenvalue weighted by Crippen LogP contribution is 2.41. The first-order valence-corrected chi connectivity index (χ1v) is 13.1. The summed E-state index contributed by atoms with van der Waals surface area (Å²) in [4.78, 5) is 16.0. The number of ether oxygens (including phenoxy) is 1. The Hall–Kier alpha value is -1.64. The molecule has 2 N–H and O–H groups in total. The minimum Gasteiger partial charge on any atom is -0.489 e. The van der Waals surface area contributed by atoms with Gasteiger partial charge in [-0.15, -0.1) is 0 Å². The second-order valence-electron chi connectivity index (χ2n) is 9.31. The van der Waals surface area contributed by atoms with E-state index in [0.717, 1.165) is 67.2 Å². The molecule has 0 radical (unpaired) electrons. The van der Waals surface area contributed by atoms with Crippen molar-refractivity contribution in [2.24, 2.45) is 0 Å². The maximum atomic E-state index is 11.9. The molecule has 2 aromatic rings. The first kappa shape index (κ1) is 25.5. The minimum atomic E-state index is -0.831. The molecule has 0 bridgehead atoms. The van der Waals surface area contributed by atoms with Gasteiger partial charge in [-0.1, -0.05) is 39.7 Å². The van der Waals surface area contributed by atoms with Crippen LogP contribution in [-0.4, -0.2) is 72.2 Å². The van der Waals surface area contributed by atoms with E-state index in [2.05, 4.69) is 32.2 Å². The Bertz CT molecular complexity index is 974. The average Bonchev–Trinajstić information content (AvgIpc) is 2.83. The number of carbonyl (C=O) groups excluding carboxylic acids is 1. The number of nitrogens with zero attached hydrogens (tertiary/aromatic N) is 2. The number of hydrogen-bond donors (Lipinski definition) is 2. The highest BCUT2D eigenvalue weighted by Gasteiger charge is 2.41. The zero-order valence-corrected chi connectivity index (χ0v) is 21.9. The van der Waals surface area contributed by atoms with Gasteiger partial charge in [0.2, 0.25) is 5.91 Å². The van der Waals surface area contributed by atoms with Crippen molar-refractivity contribution in [2.75, 3.05) is 45.8 Å². The molecule has 2 aliphatic heterocycles. The number of amides is 1. The Kier molecular flexibility index (Phi) is 8.53. The van der Waals surface area contributed by atoms with Crippen molar-refractivity contribution in [3.63, 3.8) is 0 Å². The number of piperazine rings is 1. The predicted molar refractivity (Wildman–Crippen MR) is 138 cm³/mol. The molecule has 4 rings (SSSR count). The maximum absolute atomic E-state index is 11.9. The second kappa shape index (κ2) is 11.4. The van der Waals surface area contributed by atoms with Crippen molar-refractivity contribution >= 4 is 33.4 Å². The first-order chi connectivity index (χ1) is 16.3. The van der Waals surface area contributed by atoms with E-state index in [1.165, 1.54) is 0 Å². The van der Waals surface area contributed by atoms with Crippen LogP contribution < -0.4 is 10.1 Å². The molecule has 2 aromatic carbocycles. The summed E-state index contributed by atoms with van der Waals surface area (Å²) < 4.78 is 7.27. The molecule has 0 saturated carbocycles. The summed E-state index contributed by atoms with van der Waals surface area (Å²) in [7, 11) is 0. The SMILES string of the molecule is CC(=O)N1CCN(CC(c2cc(Br)ccc2OCc2ccc(Cl)cc2)C2(O)CCNCC2)CC1. The van der Waals surface area contributed by atoms with Gasteiger partial charge in [-0.3, -0.25) is 9.69 Å². The number of carbonyl (C=O) groups is 1. The van der Waals surface area contributed by atoms with Crippen LogP contribution in [0.4, 0.5) is 0 Å². The second-order valence-corrected chi connectivity index (χ2v) is 10.7. The molecule has 0 aromatic heterocycles. The standard InChI is InChI=1S/C26H33BrClN3O3/c1-19(32)31-14-12-30(13-15-31)17-24(26(33)8-10-29-11-9-26)23-16-21(27)4-7-25(23)34-18-20-2-5-22(28)6-3-20/h2-7,16,24,29,33H,8-15,17-18H2,1H3. The van der Waals surface area contributed by atoms with E-state index in [9.17, 15) is 9.90 Å². The highest BCUT2D eigenvalue weighted by atomic mass is 79.9. The molecule has 6 nitrogen and oxygen atoms in total. The van der Waals surface area contributed by atoms with Crippen LogP contribution in [0.2, 0.25) is 5.02 Å². The van der Waals surface area contributed by atoms with Crippen LogP contribution in [0.1, 0.15) is 36.8 Å². The number of nitrogens with one attached hydrogen (secondary N) is 1. The van der Waals surface area contributed by atoms with Gasteiger partial charge in [0, 0.05) is 60.6 Å². The van der Waals surface area contributed by atoms with E-state index in [-0.39, 0.29) is 11.8 Å². The normalized spacial score (nSPS) is 19.6. The average molecular weight is 551 g/mol. The maximum Gasteiger partial charge on any atom is 0.219 e. The van der Waals surface area contributed by atoms with E-state index in [1.54, 1.807) is 6.92 Å². The van der Waals surface area contributed by atoms with Crippen LogP contribution in [0.3, 0.4) is 0 Å². The molecule has 1 amide bonds. The van der Waals surface area contributed by atoms with Crippen LogP contribution in [0.15, 0.2) is 46.9 Å². The summed E-state index contributed by atoms with van der Waals surface area (Å²) in [5, 5.41) is 15.9. The van der Waals surface area contributed by atoms with Crippen molar-refractivity contribution in [3.8, 4) is 5.75 Å². The number of rotatable bonds is 7. The Morgan fingerprint density at radius 1 is 1.15 bits per heavy atom. The van der Waals surface area contributed by atoms with Gasteiger partial charge in [0.25, 0.3) is 0 Å². The molecule has 1 atom stereocenters. The molecule has 2 saturated heterocycles. The summed E-state index contributed by atoms with van der Waals surface area (Å²) in [5.74, 6) is 0.798. The van der Waals surface area contributed by atoms with Gasteiger partial charge < -0.3 is 20.1 Å². The van der Waals surface area contributed by atoms with Gasteiger partial charge in [-0.2, -0.15) is 0 Å². The number of hydrogen-bond acceptors (Lipinski definition) is 5. The lowest BCUT2D eigenvalue weighted by atomic mass is 9.75. The zero-order valence-electron chi connectivity index (χ0n) is 19.6. The van der Waals surface area contributed by atoms with Gasteiger partial charge in [-0.25, -0.2) is 0 Å². The molecule has 2 fully saturated rings. The summed E-state index contributed by atoms with van der Waals surface area (Å²) in [6, 6.07) is 13.7. The van der Waals surface area contributed by atoms with E-state index in [0.29, 0.717) is 24.5 Å². The molecule has 34 heavy (non-hydrogen) atoms. The topological polar surface area (TPSA) is 65.0 Å². The molecule has 184 valence electrons. The van der Waals surface area contributed by atoms with E-state index < -0.39 is 5.60 Å². The van der Waals surface area contributed by atoms with E-state index in [1.807, 2.05) is 41.3 Å². The Morgan fingerprint density at radius 3 is 2.47 bits per heavy atom. The van der Waals surface area contributed by atoms with Gasteiger partial charge >= 0.3 is 0 Å². The molecule has 1 unspecified atom stereocenters. The molecule has 2 heterocycles. The summed E-state index contributed by atoms with van der Waals surface area (Å²) in [6.45, 7) is 7.41. The third kappa shape index (κ3) is 6.32. The van der Waals surface area contributed by atoms with Crippen LogP contribution in [0.5, 0.6) is 5.75 Å². The van der Waals surface area contributed by atoms with Crippen molar-refractivity contribution in [2.45, 2.75) is 37.9 Å². The van der Waals surface area contributed by atoms with Crippen molar-refractivity contribution in [1.82, 2.24) is 15.1 Å². The number of benzene rings is 2. The van der Waals surface area contributed by atoms with Crippen LogP contribution in [0, 0.1) is 0 Å². The van der Waals surface area contributed by atoms with Gasteiger partial charge in [0.1, 0.15) is 12.4 Å². The van der Waals surface area contributed by atoms with Crippen LogP contribution in [-0.2, 0) is 11.4 Å². The molecular weight excluding hydrogens is 518 g/mol. The molecular formula is C26H33BrClN3O3. The lowest BCUT2D eigenvalue weighted by Crippen LogP contribution is -2.53. The van der Waals surface area contributed by atoms with Crippen molar-refractivity contribution in [1.29, 1.82) is 0 Å². The van der Waals surface area contributed by atoms with Crippen LogP contribution in [0.25, 0.3) is 0 Å². The number of halogens is 2. The van der Waals surface area contributed by atoms with Crippen molar-refractivity contribution in [3.05, 3.63) is 63.1 Å². The fourth-order valence-corrected chi connectivity index (χ4v) is 5.44. The fourth-order valence-electron chi connectivity index (χ4n) is 4.93. The van der Waals surface area contributed by atoms with Gasteiger partial charge in [0.15, 0.2) is 0 Å². The first-order valence-electron chi connectivity index (χ1n) is 11.9. The molecule has 2 aliphatic rings. The quantitative estimate of drug-likeness (QED) is 0.545. The molecule has 8 heteroatoms. The third-order valence-electron chi connectivity index (χ3n) is 7.03. The largest absolute Gasteiger partial charge is 0.489 e. The third-order valence-corrected chi connectivity index (χ3v) is 7.78. The van der Waals surface area contributed by atoms with E-state index in [4.69, 9.17) is 16.3 Å². The van der Waals surface area contributed by atoms with Crippen molar-refractivity contribution < 1.29 is 14.6 Å². The smallest absolute Gasteiger partial charge is 0.219 e. The summed E-state index contributed by atoms with van der Waals surface area (Å²) in [6.07, 6.45) is 1.38. The highest BCUT2D eigenvalue weighted by molar-refractivity contribution is 9.10. The van der Waals surface area contributed by atoms with Crippen LogP contribution >= 0.6 is 27.5 Å². The Balaban J connectivity index is 1.59. The van der Waals surface area contributed by atoms with Gasteiger partial charge in [0.05, 0.1) is 5.60 Å². The minimum absolute atomic E-state index is 0.115. The van der Waals surface area contributed by atoms with E-state index >= 15 is 0 Å². The molecule has 0 aliphatic carbocycles. The predicted octanol–water partition coefficient (Wildman–Crippen LogP) is 4.04. The summed E-state index contributed by atoms with van der Waals surface area (Å²) >= 11 is 9.67.